The zero-order valence-corrected chi connectivity index (χ0v) is 16.8. The van der Waals surface area contributed by atoms with Crippen molar-refractivity contribution in [3.05, 3.63) is 39.5 Å². The molecule has 1 aromatic carbocycles. The summed E-state index contributed by atoms with van der Waals surface area (Å²) in [7, 11) is 1.58. The van der Waals surface area contributed by atoms with E-state index in [9.17, 15) is 4.79 Å². The van der Waals surface area contributed by atoms with Gasteiger partial charge in [0.25, 0.3) is 0 Å². The molecule has 26 heavy (non-hydrogen) atoms. The molecule has 8 nitrogen and oxygen atoms in total. The summed E-state index contributed by atoms with van der Waals surface area (Å²) in [6.07, 6.45) is 0. The fourth-order valence-electron chi connectivity index (χ4n) is 2.81. The maximum absolute atomic E-state index is 13.0. The first-order valence-corrected chi connectivity index (χ1v) is 8.83. The van der Waals surface area contributed by atoms with Crippen molar-refractivity contribution in [1.82, 2.24) is 20.2 Å². The zero-order chi connectivity index (χ0) is 19.1. The Morgan fingerprint density at radius 1 is 1.35 bits per heavy atom. The van der Waals surface area contributed by atoms with Gasteiger partial charge in [0.1, 0.15) is 17.4 Å². The third-order valence-electron chi connectivity index (χ3n) is 3.82. The lowest BCUT2D eigenvalue weighted by atomic mass is 9.95. The quantitative estimate of drug-likeness (QED) is 0.761. The number of hydrogen-bond donors (Lipinski definition) is 1. The lowest BCUT2D eigenvalue weighted by Gasteiger charge is -2.30. The van der Waals surface area contributed by atoms with Crippen LogP contribution in [0.5, 0.6) is 5.75 Å². The molecule has 0 bridgehead atoms. The van der Waals surface area contributed by atoms with E-state index in [1.54, 1.807) is 18.7 Å². The summed E-state index contributed by atoms with van der Waals surface area (Å²) >= 11 is 3.44. The van der Waals surface area contributed by atoms with E-state index in [0.29, 0.717) is 23.0 Å². The number of benzene rings is 1. The molecule has 1 unspecified atom stereocenters. The molecule has 0 amide bonds. The van der Waals surface area contributed by atoms with Gasteiger partial charge in [-0.15, -0.1) is 0 Å². The van der Waals surface area contributed by atoms with E-state index < -0.39 is 17.6 Å². The minimum Gasteiger partial charge on any atom is -0.496 e. The van der Waals surface area contributed by atoms with Crippen LogP contribution in [-0.2, 0) is 9.53 Å². The second-order valence-corrected chi connectivity index (χ2v) is 7.82. The molecule has 0 aliphatic carbocycles. The number of rotatable bonds is 3. The van der Waals surface area contributed by atoms with Gasteiger partial charge in [0.15, 0.2) is 0 Å². The van der Waals surface area contributed by atoms with E-state index in [-0.39, 0.29) is 0 Å². The molecule has 0 radical (unpaired) electrons. The highest BCUT2D eigenvalue weighted by Crippen LogP contribution is 2.40. The van der Waals surface area contributed by atoms with Crippen LogP contribution in [0.4, 0.5) is 5.95 Å². The van der Waals surface area contributed by atoms with Crippen molar-refractivity contribution in [3.8, 4) is 5.75 Å². The number of esters is 1. The van der Waals surface area contributed by atoms with Crippen LogP contribution in [0.3, 0.4) is 0 Å². The Balaban J connectivity index is 2.17. The number of tetrazole rings is 1. The van der Waals surface area contributed by atoms with E-state index in [4.69, 9.17) is 9.47 Å². The van der Waals surface area contributed by atoms with Gasteiger partial charge >= 0.3 is 5.97 Å². The summed E-state index contributed by atoms with van der Waals surface area (Å²) in [6, 6.07) is 5.02. The average Bonchev–Trinajstić information content (AvgIpc) is 2.99. The molecule has 1 aliphatic rings. The van der Waals surface area contributed by atoms with Crippen LogP contribution in [0, 0.1) is 0 Å². The molecule has 3 rings (SSSR count). The Hall–Kier alpha value is -2.42. The molecular weight excluding hydrogens is 402 g/mol. The number of nitrogens with zero attached hydrogens (tertiary/aromatic N) is 4. The molecule has 0 saturated heterocycles. The molecule has 138 valence electrons. The first kappa shape index (κ1) is 18.4. The molecule has 0 saturated carbocycles. The highest BCUT2D eigenvalue weighted by atomic mass is 79.9. The monoisotopic (exact) mass is 421 g/mol. The molecule has 1 N–H and O–H groups in total. The Bertz CT molecular complexity index is 885. The predicted octanol–water partition coefficient (Wildman–Crippen LogP) is 3.07. The van der Waals surface area contributed by atoms with Gasteiger partial charge in [-0.05, 0) is 50.3 Å². The van der Waals surface area contributed by atoms with Crippen molar-refractivity contribution in [2.24, 2.45) is 0 Å². The topological polar surface area (TPSA) is 91.2 Å². The summed E-state index contributed by atoms with van der Waals surface area (Å²) in [5, 5.41) is 14.8. The fourth-order valence-corrected chi connectivity index (χ4v) is 3.15. The first-order chi connectivity index (χ1) is 12.2. The van der Waals surface area contributed by atoms with E-state index in [2.05, 4.69) is 36.8 Å². The molecule has 2 aromatic rings. The summed E-state index contributed by atoms with van der Waals surface area (Å²) in [5.74, 6) is 0.630. The van der Waals surface area contributed by atoms with Crippen LogP contribution in [0.15, 0.2) is 33.9 Å². The smallest absolute Gasteiger partial charge is 0.338 e. The maximum atomic E-state index is 13.0. The van der Waals surface area contributed by atoms with Crippen molar-refractivity contribution in [1.29, 1.82) is 0 Å². The van der Waals surface area contributed by atoms with Crippen molar-refractivity contribution in [2.75, 3.05) is 12.4 Å². The summed E-state index contributed by atoms with van der Waals surface area (Å²) in [5.41, 5.74) is 1.20. The standard InChI is InChI=1S/C17H20BrN5O3/c1-9-13(15(24)26-17(2,3)4)14(23-16(19-9)20-21-22-23)11-7-6-10(18)8-12(11)25-5/h6-8,14H,1-5H3,(H,19,20,22). The average molecular weight is 422 g/mol. The Morgan fingerprint density at radius 2 is 2.08 bits per heavy atom. The van der Waals surface area contributed by atoms with Crippen molar-refractivity contribution >= 4 is 27.8 Å². The summed E-state index contributed by atoms with van der Waals surface area (Å²) < 4.78 is 13.6. The highest BCUT2D eigenvalue weighted by Gasteiger charge is 2.37. The number of ether oxygens (including phenoxy) is 2. The maximum Gasteiger partial charge on any atom is 0.338 e. The van der Waals surface area contributed by atoms with Crippen LogP contribution in [0.2, 0.25) is 0 Å². The number of anilines is 1. The van der Waals surface area contributed by atoms with Gasteiger partial charge in [-0.25, -0.2) is 4.79 Å². The molecular formula is C17H20BrN5O3. The molecule has 0 fully saturated rings. The number of aromatic nitrogens is 4. The van der Waals surface area contributed by atoms with Gasteiger partial charge in [0.2, 0.25) is 5.95 Å². The Kier molecular flexibility index (Phi) is 4.74. The molecule has 9 heteroatoms. The third kappa shape index (κ3) is 3.44. The van der Waals surface area contributed by atoms with Crippen LogP contribution in [0.25, 0.3) is 0 Å². The Morgan fingerprint density at radius 3 is 2.73 bits per heavy atom. The number of methoxy groups -OCH3 is 1. The van der Waals surface area contributed by atoms with Gasteiger partial charge < -0.3 is 14.8 Å². The third-order valence-corrected chi connectivity index (χ3v) is 4.32. The van der Waals surface area contributed by atoms with Gasteiger partial charge in [-0.1, -0.05) is 27.1 Å². The van der Waals surface area contributed by atoms with E-state index in [1.807, 2.05) is 39.0 Å². The second-order valence-electron chi connectivity index (χ2n) is 6.90. The number of nitrogens with one attached hydrogen (secondary N) is 1. The van der Waals surface area contributed by atoms with E-state index >= 15 is 0 Å². The SMILES string of the molecule is COc1cc(Br)ccc1C1C(C(=O)OC(C)(C)C)=C(C)Nc2nnnn21. The minimum atomic E-state index is -0.625. The largest absolute Gasteiger partial charge is 0.496 e. The van der Waals surface area contributed by atoms with Crippen molar-refractivity contribution in [3.63, 3.8) is 0 Å². The molecule has 1 aliphatic heterocycles. The van der Waals surface area contributed by atoms with E-state index in [0.717, 1.165) is 10.0 Å². The summed E-state index contributed by atoms with van der Waals surface area (Å²) in [4.78, 5) is 13.0. The predicted molar refractivity (Wildman–Crippen MR) is 98.8 cm³/mol. The van der Waals surface area contributed by atoms with Crippen LogP contribution < -0.4 is 10.1 Å². The number of carbonyl (C=O) groups excluding carboxylic acids is 1. The number of carbonyl (C=O) groups is 1. The Labute approximate surface area is 159 Å². The van der Waals surface area contributed by atoms with Crippen molar-refractivity contribution < 1.29 is 14.3 Å². The van der Waals surface area contributed by atoms with Gasteiger partial charge in [0, 0.05) is 15.7 Å². The molecule has 0 spiro atoms. The number of fused-ring (bicyclic) bond motifs is 1. The highest BCUT2D eigenvalue weighted by molar-refractivity contribution is 9.10. The summed E-state index contributed by atoms with van der Waals surface area (Å²) in [6.45, 7) is 7.29. The molecule has 1 atom stereocenters. The fraction of sp³-hybridized carbons (Fsp3) is 0.412. The van der Waals surface area contributed by atoms with Gasteiger partial charge in [-0.2, -0.15) is 4.68 Å². The second kappa shape index (κ2) is 6.71. The normalized spacial score (nSPS) is 16.8. The number of hydrogen-bond acceptors (Lipinski definition) is 7. The van der Waals surface area contributed by atoms with Gasteiger partial charge in [-0.3, -0.25) is 0 Å². The van der Waals surface area contributed by atoms with E-state index in [1.165, 1.54) is 0 Å². The number of halogens is 1. The van der Waals surface area contributed by atoms with Crippen LogP contribution in [-0.4, -0.2) is 38.9 Å². The van der Waals surface area contributed by atoms with Crippen LogP contribution in [0.1, 0.15) is 39.3 Å². The van der Waals surface area contributed by atoms with Crippen molar-refractivity contribution in [2.45, 2.75) is 39.3 Å². The van der Waals surface area contributed by atoms with Gasteiger partial charge in [0.05, 0.1) is 12.7 Å². The first-order valence-electron chi connectivity index (χ1n) is 8.03. The molecule has 2 heterocycles. The lowest BCUT2D eigenvalue weighted by Crippen LogP contribution is -2.33. The minimum absolute atomic E-state index is 0.431. The van der Waals surface area contributed by atoms with Crippen LogP contribution >= 0.6 is 15.9 Å². The zero-order valence-electron chi connectivity index (χ0n) is 15.2. The lowest BCUT2D eigenvalue weighted by molar-refractivity contribution is -0.150. The number of allylic oxidation sites excluding steroid dienone is 1. The molecule has 1 aromatic heterocycles.